The van der Waals surface area contributed by atoms with Crippen LogP contribution in [-0.4, -0.2) is 8.42 Å². The van der Waals surface area contributed by atoms with Crippen molar-refractivity contribution in [3.63, 3.8) is 0 Å². The van der Waals surface area contributed by atoms with Crippen LogP contribution < -0.4 is 10.5 Å². The smallest absolute Gasteiger partial charge is 0.238 e. The van der Waals surface area contributed by atoms with E-state index in [0.29, 0.717) is 17.1 Å². The zero-order valence-electron chi connectivity index (χ0n) is 9.83. The van der Waals surface area contributed by atoms with Crippen molar-refractivity contribution >= 4 is 27.0 Å². The summed E-state index contributed by atoms with van der Waals surface area (Å²) in [4.78, 5) is 1.72. The normalized spacial score (nSPS) is 10.9. The molecule has 1 aromatic heterocycles. The highest BCUT2D eigenvalue weighted by Crippen LogP contribution is 2.19. The molecule has 0 saturated carbocycles. The van der Waals surface area contributed by atoms with Crippen LogP contribution >= 0.6 is 11.3 Å². The van der Waals surface area contributed by atoms with Gasteiger partial charge in [0.25, 0.3) is 0 Å². The maximum atomic E-state index is 11.2. The lowest BCUT2D eigenvalue weighted by Crippen LogP contribution is -2.12. The van der Waals surface area contributed by atoms with E-state index in [1.54, 1.807) is 18.2 Å². The van der Waals surface area contributed by atoms with Gasteiger partial charge in [0.15, 0.2) is 0 Å². The molecule has 3 N–H and O–H groups in total. The summed E-state index contributed by atoms with van der Waals surface area (Å²) in [5.41, 5.74) is 0.665. The number of nitrogens with zero attached hydrogens (tertiary/aromatic N) is 1. The average Bonchev–Trinajstić information content (AvgIpc) is 2.84. The van der Waals surface area contributed by atoms with Crippen LogP contribution in [0.4, 0.5) is 5.69 Å². The van der Waals surface area contributed by atoms with Crippen LogP contribution in [0.15, 0.2) is 41.3 Å². The quantitative estimate of drug-likeness (QED) is 0.899. The van der Waals surface area contributed by atoms with Gasteiger partial charge in [-0.1, -0.05) is 6.07 Å². The molecule has 0 saturated heterocycles. The number of primary sulfonamides is 1. The number of nitrogens with one attached hydrogen (secondary N) is 1. The van der Waals surface area contributed by atoms with E-state index in [4.69, 9.17) is 10.4 Å². The minimum Gasteiger partial charge on any atom is -0.380 e. The predicted octanol–water partition coefficient (Wildman–Crippen LogP) is 1.88. The molecule has 1 heterocycles. The van der Waals surface area contributed by atoms with Crippen LogP contribution in [0.1, 0.15) is 9.75 Å². The third-order valence-corrected chi connectivity index (χ3v) is 4.30. The van der Waals surface area contributed by atoms with Gasteiger partial charge < -0.3 is 5.32 Å². The van der Waals surface area contributed by atoms with E-state index in [1.165, 1.54) is 23.5 Å². The number of nitriles is 1. The van der Waals surface area contributed by atoms with E-state index in [-0.39, 0.29) is 4.90 Å². The lowest BCUT2D eigenvalue weighted by Gasteiger charge is -2.06. The second kappa shape index (κ2) is 5.40. The molecule has 7 heteroatoms. The minimum atomic E-state index is -3.69. The van der Waals surface area contributed by atoms with Crippen LogP contribution in [0, 0.1) is 11.3 Å². The van der Waals surface area contributed by atoms with Crippen LogP contribution in [0.25, 0.3) is 0 Å². The summed E-state index contributed by atoms with van der Waals surface area (Å²) < 4.78 is 22.4. The van der Waals surface area contributed by atoms with E-state index in [0.717, 1.165) is 4.88 Å². The average molecular weight is 293 g/mol. The Kier molecular flexibility index (Phi) is 3.85. The first kappa shape index (κ1) is 13.5. The largest absolute Gasteiger partial charge is 0.380 e. The highest BCUT2D eigenvalue weighted by Gasteiger charge is 2.07. The monoisotopic (exact) mass is 293 g/mol. The Bertz CT molecular complexity index is 729. The van der Waals surface area contributed by atoms with E-state index in [2.05, 4.69) is 11.4 Å². The van der Waals surface area contributed by atoms with Gasteiger partial charge in [-0.2, -0.15) is 5.26 Å². The molecule has 0 fully saturated rings. The number of benzene rings is 1. The van der Waals surface area contributed by atoms with Crippen molar-refractivity contribution in [3.05, 3.63) is 46.2 Å². The number of rotatable bonds is 4. The minimum absolute atomic E-state index is 0.0707. The number of sulfonamides is 1. The predicted molar refractivity (Wildman–Crippen MR) is 74.2 cm³/mol. The molecule has 0 amide bonds. The molecule has 2 aromatic rings. The van der Waals surface area contributed by atoms with Crippen molar-refractivity contribution in [3.8, 4) is 6.07 Å². The van der Waals surface area contributed by atoms with Crippen LogP contribution in [-0.2, 0) is 16.6 Å². The number of hydrogen-bond acceptors (Lipinski definition) is 5. The molecule has 19 heavy (non-hydrogen) atoms. The van der Waals surface area contributed by atoms with Crippen molar-refractivity contribution in [2.45, 2.75) is 11.4 Å². The fourth-order valence-corrected chi connectivity index (χ4v) is 2.81. The van der Waals surface area contributed by atoms with E-state index in [9.17, 15) is 8.42 Å². The Morgan fingerprint density at radius 1 is 1.32 bits per heavy atom. The molecular weight excluding hydrogens is 282 g/mol. The lowest BCUT2D eigenvalue weighted by molar-refractivity contribution is 0.598. The molecule has 0 unspecified atom stereocenters. The second-order valence-corrected chi connectivity index (χ2v) is 6.53. The van der Waals surface area contributed by atoms with Crippen molar-refractivity contribution in [1.82, 2.24) is 0 Å². The molecular formula is C12H11N3O2S2. The van der Waals surface area contributed by atoms with Crippen molar-refractivity contribution in [1.29, 1.82) is 5.26 Å². The second-order valence-electron chi connectivity index (χ2n) is 3.80. The van der Waals surface area contributed by atoms with E-state index in [1.807, 2.05) is 6.07 Å². The standard InChI is InChI=1S/C12H11N3O2S2/c13-7-10-4-5-11(18-10)8-15-9-2-1-3-12(6-9)19(14,16)17/h1-6,15H,8H2,(H2,14,16,17). The molecule has 0 bridgehead atoms. The van der Waals surface area contributed by atoms with E-state index >= 15 is 0 Å². The fourth-order valence-electron chi connectivity index (χ4n) is 1.51. The summed E-state index contributed by atoms with van der Waals surface area (Å²) in [6, 6.07) is 12.0. The van der Waals surface area contributed by atoms with E-state index < -0.39 is 10.0 Å². The number of nitrogens with two attached hydrogens (primary N) is 1. The Labute approximate surface area is 115 Å². The molecule has 1 aromatic carbocycles. The zero-order valence-corrected chi connectivity index (χ0v) is 11.5. The number of anilines is 1. The van der Waals surface area contributed by atoms with Gasteiger partial charge in [-0.05, 0) is 30.3 Å². The zero-order chi connectivity index (χ0) is 13.9. The summed E-state index contributed by atoms with van der Waals surface area (Å²) in [5, 5.41) is 16.9. The third-order valence-electron chi connectivity index (χ3n) is 2.40. The summed E-state index contributed by atoms with van der Waals surface area (Å²) >= 11 is 1.40. The molecule has 98 valence electrons. The summed E-state index contributed by atoms with van der Waals surface area (Å²) in [7, 11) is -3.69. The number of thiophene rings is 1. The highest BCUT2D eigenvalue weighted by atomic mass is 32.2. The van der Waals surface area contributed by atoms with Gasteiger partial charge in [0, 0.05) is 17.1 Å². The van der Waals surface area contributed by atoms with Crippen molar-refractivity contribution in [2.75, 3.05) is 5.32 Å². The molecule has 0 atom stereocenters. The van der Waals surface area contributed by atoms with Gasteiger partial charge in [-0.3, -0.25) is 0 Å². The third kappa shape index (κ3) is 3.54. The highest BCUT2D eigenvalue weighted by molar-refractivity contribution is 7.89. The molecule has 0 aliphatic heterocycles. The SMILES string of the molecule is N#Cc1ccc(CNc2cccc(S(N)(=O)=O)c2)s1. The molecule has 0 radical (unpaired) electrons. The van der Waals surface area contributed by atoms with Crippen LogP contribution in [0.3, 0.4) is 0 Å². The number of hydrogen-bond donors (Lipinski definition) is 2. The first-order valence-corrected chi connectivity index (χ1v) is 7.71. The van der Waals surface area contributed by atoms with Gasteiger partial charge in [-0.25, -0.2) is 13.6 Å². The molecule has 0 aliphatic carbocycles. The maximum absolute atomic E-state index is 11.2. The fraction of sp³-hybridized carbons (Fsp3) is 0.0833. The Morgan fingerprint density at radius 3 is 2.74 bits per heavy atom. The Morgan fingerprint density at radius 2 is 2.11 bits per heavy atom. The van der Waals surface area contributed by atoms with Gasteiger partial charge >= 0.3 is 0 Å². The van der Waals surface area contributed by atoms with Crippen molar-refractivity contribution < 1.29 is 8.42 Å². The summed E-state index contributed by atoms with van der Waals surface area (Å²) in [5.74, 6) is 0. The first-order chi connectivity index (χ1) is 8.99. The Balaban J connectivity index is 2.10. The van der Waals surface area contributed by atoms with Gasteiger partial charge in [0.1, 0.15) is 10.9 Å². The van der Waals surface area contributed by atoms with Gasteiger partial charge in [0.2, 0.25) is 10.0 Å². The van der Waals surface area contributed by atoms with Crippen LogP contribution in [0.5, 0.6) is 0 Å². The van der Waals surface area contributed by atoms with Crippen molar-refractivity contribution in [2.24, 2.45) is 5.14 Å². The molecule has 0 spiro atoms. The van der Waals surface area contributed by atoms with Gasteiger partial charge in [0.05, 0.1) is 4.90 Å². The topological polar surface area (TPSA) is 96.0 Å². The first-order valence-electron chi connectivity index (χ1n) is 5.34. The molecule has 5 nitrogen and oxygen atoms in total. The molecule has 2 rings (SSSR count). The lowest BCUT2D eigenvalue weighted by atomic mass is 10.3. The molecule has 0 aliphatic rings. The summed E-state index contributed by atoms with van der Waals surface area (Å²) in [6.07, 6.45) is 0. The maximum Gasteiger partial charge on any atom is 0.238 e. The Hall–Kier alpha value is -1.88. The van der Waals surface area contributed by atoms with Crippen LogP contribution in [0.2, 0.25) is 0 Å². The van der Waals surface area contributed by atoms with Gasteiger partial charge in [-0.15, -0.1) is 11.3 Å². The summed E-state index contributed by atoms with van der Waals surface area (Å²) in [6.45, 7) is 0.528.